The first-order chi connectivity index (χ1) is 15.0. The van der Waals surface area contributed by atoms with Crippen LogP contribution in [0.15, 0.2) is 51.6 Å². The zero-order valence-electron chi connectivity index (χ0n) is 19.7. The van der Waals surface area contributed by atoms with Gasteiger partial charge in [0.15, 0.2) is 5.17 Å². The van der Waals surface area contributed by atoms with Gasteiger partial charge in [-0.2, -0.15) is 0 Å². The van der Waals surface area contributed by atoms with Crippen LogP contribution in [0.5, 0.6) is 5.75 Å². The summed E-state index contributed by atoms with van der Waals surface area (Å²) in [4.78, 5) is 32.5. The van der Waals surface area contributed by atoms with Gasteiger partial charge in [-0.1, -0.05) is 23.9 Å². The molecule has 0 aromatic heterocycles. The first kappa shape index (κ1) is 23.9. The van der Waals surface area contributed by atoms with Crippen LogP contribution < -0.4 is 10.1 Å². The van der Waals surface area contributed by atoms with Crippen molar-refractivity contribution in [3.63, 3.8) is 0 Å². The Kier molecular flexibility index (Phi) is 7.03. The number of aliphatic imine (C=N–C) groups is 1. The Morgan fingerprint density at radius 1 is 1.22 bits per heavy atom. The molecule has 1 N–H and O–H groups in total. The third-order valence-electron chi connectivity index (χ3n) is 4.84. The van der Waals surface area contributed by atoms with Crippen molar-refractivity contribution >= 4 is 28.8 Å². The number of nitrogens with zero attached hydrogens (tertiary/aromatic N) is 2. The SMILES string of the molecule is COc1ccc(C2C(C(=O)OC(C)(C)C)=C(C)N=C3SC=C(CC(=O)NC(C)C)N32)cc1. The highest BCUT2D eigenvalue weighted by Gasteiger charge is 2.41. The monoisotopic (exact) mass is 457 g/mol. The number of rotatable bonds is 6. The second-order valence-corrected chi connectivity index (χ2v) is 9.90. The number of nitrogens with one attached hydrogen (secondary N) is 1. The van der Waals surface area contributed by atoms with Crippen LogP contribution in [-0.2, 0) is 14.3 Å². The number of benzene rings is 1. The molecule has 0 spiro atoms. The molecule has 0 bridgehead atoms. The van der Waals surface area contributed by atoms with Crippen LogP contribution in [0.25, 0.3) is 0 Å². The van der Waals surface area contributed by atoms with Crippen LogP contribution in [0.1, 0.15) is 59.6 Å². The van der Waals surface area contributed by atoms with E-state index in [1.54, 1.807) is 7.11 Å². The summed E-state index contributed by atoms with van der Waals surface area (Å²) in [7, 11) is 1.61. The highest BCUT2D eigenvalue weighted by atomic mass is 32.2. The number of ether oxygens (including phenoxy) is 2. The Labute approximate surface area is 193 Å². The smallest absolute Gasteiger partial charge is 0.338 e. The average molecular weight is 458 g/mol. The van der Waals surface area contributed by atoms with Gasteiger partial charge in [-0.3, -0.25) is 4.79 Å². The molecule has 1 atom stereocenters. The van der Waals surface area contributed by atoms with Crippen molar-refractivity contribution < 1.29 is 19.1 Å². The van der Waals surface area contributed by atoms with E-state index in [9.17, 15) is 9.59 Å². The number of esters is 1. The summed E-state index contributed by atoms with van der Waals surface area (Å²) < 4.78 is 11.0. The van der Waals surface area contributed by atoms with Gasteiger partial charge < -0.3 is 19.7 Å². The van der Waals surface area contributed by atoms with Gasteiger partial charge in [0.05, 0.1) is 30.8 Å². The molecule has 0 saturated carbocycles. The van der Waals surface area contributed by atoms with Gasteiger partial charge in [0, 0.05) is 11.7 Å². The van der Waals surface area contributed by atoms with Crippen molar-refractivity contribution in [3.05, 3.63) is 52.2 Å². The van der Waals surface area contributed by atoms with E-state index in [2.05, 4.69) is 10.3 Å². The summed E-state index contributed by atoms with van der Waals surface area (Å²) >= 11 is 1.45. The molecule has 0 fully saturated rings. The Morgan fingerprint density at radius 2 is 1.88 bits per heavy atom. The molecule has 3 rings (SSSR count). The van der Waals surface area contributed by atoms with E-state index in [-0.39, 0.29) is 18.4 Å². The Morgan fingerprint density at radius 3 is 2.44 bits per heavy atom. The van der Waals surface area contributed by atoms with Crippen molar-refractivity contribution in [1.29, 1.82) is 0 Å². The summed E-state index contributed by atoms with van der Waals surface area (Å²) in [6.07, 6.45) is 0.192. The molecule has 1 aromatic carbocycles. The fourth-order valence-electron chi connectivity index (χ4n) is 3.60. The number of carbonyl (C=O) groups is 2. The van der Waals surface area contributed by atoms with Gasteiger partial charge in [-0.05, 0) is 64.6 Å². The largest absolute Gasteiger partial charge is 0.497 e. The van der Waals surface area contributed by atoms with Gasteiger partial charge >= 0.3 is 5.97 Å². The summed E-state index contributed by atoms with van der Waals surface area (Å²) in [5.41, 5.74) is 2.11. The molecule has 0 radical (unpaired) electrons. The second-order valence-electron chi connectivity index (χ2n) is 9.07. The first-order valence-electron chi connectivity index (χ1n) is 10.6. The van der Waals surface area contributed by atoms with E-state index in [0.717, 1.165) is 22.2 Å². The number of carbonyl (C=O) groups excluding carboxylic acids is 2. The molecule has 8 heteroatoms. The van der Waals surface area contributed by atoms with Crippen LogP contribution in [0, 0.1) is 0 Å². The van der Waals surface area contributed by atoms with Gasteiger partial charge in [0.1, 0.15) is 11.4 Å². The third kappa shape index (κ3) is 5.35. The van der Waals surface area contributed by atoms with Gasteiger partial charge in [-0.25, -0.2) is 9.79 Å². The lowest BCUT2D eigenvalue weighted by Crippen LogP contribution is -2.39. The van der Waals surface area contributed by atoms with Crippen molar-refractivity contribution in [1.82, 2.24) is 10.2 Å². The maximum atomic E-state index is 13.3. The number of thioether (sulfide) groups is 1. The van der Waals surface area contributed by atoms with E-state index in [0.29, 0.717) is 11.3 Å². The minimum Gasteiger partial charge on any atom is -0.497 e. The average Bonchev–Trinajstić information content (AvgIpc) is 3.06. The van der Waals surface area contributed by atoms with E-state index in [4.69, 9.17) is 9.47 Å². The number of amidine groups is 1. The maximum Gasteiger partial charge on any atom is 0.338 e. The molecule has 0 saturated heterocycles. The van der Waals surface area contributed by atoms with Crippen LogP contribution in [0.2, 0.25) is 0 Å². The first-order valence-corrected chi connectivity index (χ1v) is 11.5. The fraction of sp³-hybridized carbons (Fsp3) is 0.458. The summed E-state index contributed by atoms with van der Waals surface area (Å²) in [6.45, 7) is 11.2. The Hall–Kier alpha value is -2.74. The van der Waals surface area contributed by atoms with Crippen LogP contribution in [-0.4, -0.2) is 40.7 Å². The molecule has 2 aliphatic heterocycles. The third-order valence-corrected chi connectivity index (χ3v) is 5.73. The maximum absolute atomic E-state index is 13.3. The molecule has 7 nitrogen and oxygen atoms in total. The standard InChI is InChI=1S/C24H31N3O4S/c1-14(2)25-19(28)12-17-13-32-23-26-15(3)20(22(29)31-24(4,5)6)21(27(17)23)16-8-10-18(30-7)11-9-16/h8-11,13-14,21H,12H2,1-7H3,(H,25,28). The zero-order valence-corrected chi connectivity index (χ0v) is 20.5. The van der Waals surface area contributed by atoms with E-state index in [1.807, 2.05) is 76.1 Å². The molecule has 2 heterocycles. The summed E-state index contributed by atoms with van der Waals surface area (Å²) in [5.74, 6) is 0.231. The molecule has 32 heavy (non-hydrogen) atoms. The van der Waals surface area contributed by atoms with Crippen LogP contribution in [0.4, 0.5) is 0 Å². The van der Waals surface area contributed by atoms with Crippen molar-refractivity contribution in [2.24, 2.45) is 4.99 Å². The normalized spacial score (nSPS) is 18.2. The Bertz CT molecular complexity index is 987. The molecule has 172 valence electrons. The molecular formula is C24H31N3O4S. The number of hydrogen-bond acceptors (Lipinski definition) is 7. The van der Waals surface area contributed by atoms with Crippen molar-refractivity contribution in [2.75, 3.05) is 7.11 Å². The lowest BCUT2D eigenvalue weighted by atomic mass is 9.93. The molecule has 1 amide bonds. The molecule has 0 aliphatic carbocycles. The van der Waals surface area contributed by atoms with Crippen LogP contribution >= 0.6 is 11.8 Å². The quantitative estimate of drug-likeness (QED) is 0.633. The minimum atomic E-state index is -0.644. The lowest BCUT2D eigenvalue weighted by Gasteiger charge is -2.37. The zero-order chi connectivity index (χ0) is 23.6. The number of methoxy groups -OCH3 is 1. The molecule has 2 aliphatic rings. The minimum absolute atomic E-state index is 0.0449. The van der Waals surface area contributed by atoms with Crippen LogP contribution in [0.3, 0.4) is 0 Å². The number of allylic oxidation sites excluding steroid dienone is 1. The predicted octanol–water partition coefficient (Wildman–Crippen LogP) is 4.53. The Balaban J connectivity index is 2.04. The topological polar surface area (TPSA) is 80.2 Å². The molecular weight excluding hydrogens is 426 g/mol. The van der Waals surface area contributed by atoms with E-state index in [1.165, 1.54) is 11.8 Å². The number of hydrogen-bond donors (Lipinski definition) is 1. The van der Waals surface area contributed by atoms with E-state index >= 15 is 0 Å². The van der Waals surface area contributed by atoms with Gasteiger partial charge in [-0.15, -0.1) is 0 Å². The fourth-order valence-corrected chi connectivity index (χ4v) is 4.57. The number of amides is 1. The lowest BCUT2D eigenvalue weighted by molar-refractivity contribution is -0.150. The second kappa shape index (κ2) is 9.40. The predicted molar refractivity (Wildman–Crippen MR) is 127 cm³/mol. The molecule has 1 unspecified atom stereocenters. The van der Waals surface area contributed by atoms with Gasteiger partial charge in [0.2, 0.25) is 5.91 Å². The summed E-state index contributed by atoms with van der Waals surface area (Å²) in [6, 6.07) is 7.17. The van der Waals surface area contributed by atoms with Gasteiger partial charge in [0.25, 0.3) is 0 Å². The number of fused-ring (bicyclic) bond motifs is 1. The molecule has 1 aromatic rings. The highest BCUT2D eigenvalue weighted by molar-refractivity contribution is 8.16. The van der Waals surface area contributed by atoms with Crippen molar-refractivity contribution in [3.8, 4) is 5.75 Å². The van der Waals surface area contributed by atoms with Crippen molar-refractivity contribution in [2.45, 2.75) is 65.6 Å². The highest BCUT2D eigenvalue weighted by Crippen LogP contribution is 2.45. The van der Waals surface area contributed by atoms with E-state index < -0.39 is 17.6 Å². The summed E-state index contributed by atoms with van der Waals surface area (Å²) in [5, 5.41) is 5.60.